The molecule has 0 aliphatic carbocycles. The first-order valence-corrected chi connectivity index (χ1v) is 7.41. The number of aliphatic hydroxyl groups is 1. The zero-order valence-corrected chi connectivity index (χ0v) is 13.1. The molecular formula is C16H19ClN2O3. The van der Waals surface area contributed by atoms with E-state index in [1.807, 2.05) is 30.3 Å². The van der Waals surface area contributed by atoms with E-state index in [2.05, 4.69) is 5.32 Å². The van der Waals surface area contributed by atoms with Crippen LogP contribution in [0.2, 0.25) is 5.22 Å². The SMILES string of the molecule is CC(O)CN(Cc1ccccc1)C(=O)NCc1ccc(Cl)o1. The molecule has 2 N–H and O–H groups in total. The van der Waals surface area contributed by atoms with Crippen LogP contribution in [-0.2, 0) is 13.1 Å². The van der Waals surface area contributed by atoms with Gasteiger partial charge >= 0.3 is 6.03 Å². The van der Waals surface area contributed by atoms with Crippen molar-refractivity contribution in [3.8, 4) is 0 Å². The highest BCUT2D eigenvalue weighted by molar-refractivity contribution is 6.28. The van der Waals surface area contributed by atoms with E-state index in [9.17, 15) is 9.90 Å². The number of carbonyl (C=O) groups is 1. The van der Waals surface area contributed by atoms with Gasteiger partial charge in [-0.3, -0.25) is 0 Å². The molecule has 0 saturated carbocycles. The Labute approximate surface area is 134 Å². The molecule has 6 heteroatoms. The first-order valence-electron chi connectivity index (χ1n) is 7.03. The first-order chi connectivity index (χ1) is 10.5. The second-order valence-electron chi connectivity index (χ2n) is 5.08. The number of urea groups is 1. The van der Waals surface area contributed by atoms with Gasteiger partial charge in [-0.05, 0) is 36.2 Å². The lowest BCUT2D eigenvalue weighted by atomic mass is 10.2. The van der Waals surface area contributed by atoms with Crippen molar-refractivity contribution in [2.24, 2.45) is 0 Å². The minimum atomic E-state index is -0.604. The summed E-state index contributed by atoms with van der Waals surface area (Å²) >= 11 is 5.69. The Morgan fingerprint density at radius 1 is 1.32 bits per heavy atom. The van der Waals surface area contributed by atoms with E-state index < -0.39 is 6.10 Å². The summed E-state index contributed by atoms with van der Waals surface area (Å²) in [5.74, 6) is 0.579. The highest BCUT2D eigenvalue weighted by Crippen LogP contribution is 2.13. The number of nitrogens with one attached hydrogen (secondary N) is 1. The lowest BCUT2D eigenvalue weighted by molar-refractivity contribution is 0.129. The largest absolute Gasteiger partial charge is 0.448 e. The van der Waals surface area contributed by atoms with Crippen molar-refractivity contribution in [3.63, 3.8) is 0 Å². The topological polar surface area (TPSA) is 65.7 Å². The summed E-state index contributed by atoms with van der Waals surface area (Å²) in [7, 11) is 0. The highest BCUT2D eigenvalue weighted by atomic mass is 35.5. The van der Waals surface area contributed by atoms with Gasteiger partial charge in [0.15, 0.2) is 5.22 Å². The zero-order valence-electron chi connectivity index (χ0n) is 12.3. The van der Waals surface area contributed by atoms with Crippen LogP contribution >= 0.6 is 11.6 Å². The predicted octanol–water partition coefficient (Wildman–Crippen LogP) is 3.03. The molecule has 1 aromatic carbocycles. The van der Waals surface area contributed by atoms with Gasteiger partial charge in [0.05, 0.1) is 12.6 Å². The van der Waals surface area contributed by atoms with Crippen LogP contribution in [0, 0.1) is 0 Å². The molecule has 0 spiro atoms. The van der Waals surface area contributed by atoms with Gasteiger partial charge in [0.25, 0.3) is 0 Å². The normalized spacial score (nSPS) is 12.0. The molecule has 0 saturated heterocycles. The van der Waals surface area contributed by atoms with Gasteiger partial charge in [-0.2, -0.15) is 0 Å². The average Bonchev–Trinajstić information content (AvgIpc) is 2.90. The van der Waals surface area contributed by atoms with E-state index in [-0.39, 0.29) is 24.3 Å². The Kier molecular flexibility index (Phi) is 5.86. The molecule has 1 aromatic heterocycles. The second kappa shape index (κ2) is 7.87. The van der Waals surface area contributed by atoms with E-state index in [1.165, 1.54) is 0 Å². The molecule has 0 radical (unpaired) electrons. The lowest BCUT2D eigenvalue weighted by Gasteiger charge is -2.24. The Balaban J connectivity index is 1.96. The molecular weight excluding hydrogens is 304 g/mol. The standard InChI is InChI=1S/C16H19ClN2O3/c1-12(20)10-19(11-13-5-3-2-4-6-13)16(21)18-9-14-7-8-15(17)22-14/h2-8,12,20H,9-11H2,1H3,(H,18,21). The monoisotopic (exact) mass is 322 g/mol. The maximum atomic E-state index is 12.3. The molecule has 22 heavy (non-hydrogen) atoms. The van der Waals surface area contributed by atoms with Crippen molar-refractivity contribution >= 4 is 17.6 Å². The van der Waals surface area contributed by atoms with E-state index in [1.54, 1.807) is 24.0 Å². The summed E-state index contributed by atoms with van der Waals surface area (Å²) in [5, 5.41) is 12.6. The molecule has 1 atom stereocenters. The van der Waals surface area contributed by atoms with Crippen LogP contribution in [0.15, 0.2) is 46.9 Å². The third kappa shape index (κ3) is 5.09. The zero-order chi connectivity index (χ0) is 15.9. The minimum Gasteiger partial charge on any atom is -0.448 e. The van der Waals surface area contributed by atoms with Gasteiger partial charge in [0.2, 0.25) is 0 Å². The Morgan fingerprint density at radius 3 is 2.64 bits per heavy atom. The van der Waals surface area contributed by atoms with E-state index >= 15 is 0 Å². The quantitative estimate of drug-likeness (QED) is 0.859. The predicted molar refractivity (Wildman–Crippen MR) is 84.5 cm³/mol. The van der Waals surface area contributed by atoms with E-state index in [4.69, 9.17) is 16.0 Å². The number of halogens is 1. The molecule has 1 heterocycles. The smallest absolute Gasteiger partial charge is 0.318 e. The molecule has 2 amide bonds. The van der Waals surface area contributed by atoms with Gasteiger partial charge in [-0.25, -0.2) is 4.79 Å². The van der Waals surface area contributed by atoms with Crippen molar-refractivity contribution in [2.75, 3.05) is 6.54 Å². The van der Waals surface area contributed by atoms with Crippen molar-refractivity contribution in [1.82, 2.24) is 10.2 Å². The van der Waals surface area contributed by atoms with Crippen LogP contribution in [0.4, 0.5) is 4.79 Å². The first kappa shape index (κ1) is 16.4. The van der Waals surface area contributed by atoms with Gasteiger partial charge in [-0.15, -0.1) is 0 Å². The molecule has 0 aliphatic rings. The molecule has 2 rings (SSSR count). The summed E-state index contributed by atoms with van der Waals surface area (Å²) in [5.41, 5.74) is 0.999. The molecule has 0 aliphatic heterocycles. The number of aliphatic hydroxyl groups excluding tert-OH is 1. The van der Waals surface area contributed by atoms with Crippen molar-refractivity contribution in [2.45, 2.75) is 26.1 Å². The summed E-state index contributed by atoms with van der Waals surface area (Å²) in [6.07, 6.45) is -0.604. The van der Waals surface area contributed by atoms with Crippen LogP contribution in [0.5, 0.6) is 0 Å². The van der Waals surface area contributed by atoms with Crippen LogP contribution < -0.4 is 5.32 Å². The highest BCUT2D eigenvalue weighted by Gasteiger charge is 2.16. The molecule has 1 unspecified atom stereocenters. The number of amides is 2. The van der Waals surface area contributed by atoms with Gasteiger partial charge in [0.1, 0.15) is 5.76 Å². The summed E-state index contributed by atoms with van der Waals surface area (Å²) in [6.45, 7) is 2.57. The number of carbonyl (C=O) groups excluding carboxylic acids is 1. The second-order valence-corrected chi connectivity index (χ2v) is 5.45. The van der Waals surface area contributed by atoms with Crippen LogP contribution in [0.3, 0.4) is 0 Å². The maximum Gasteiger partial charge on any atom is 0.318 e. The fourth-order valence-electron chi connectivity index (χ4n) is 2.06. The lowest BCUT2D eigenvalue weighted by Crippen LogP contribution is -2.42. The molecule has 5 nitrogen and oxygen atoms in total. The maximum absolute atomic E-state index is 12.3. The fraction of sp³-hybridized carbons (Fsp3) is 0.312. The van der Waals surface area contributed by atoms with Crippen molar-refractivity contribution in [3.05, 3.63) is 59.0 Å². The number of rotatable bonds is 6. The molecule has 0 fully saturated rings. The van der Waals surface area contributed by atoms with Crippen LogP contribution in [0.25, 0.3) is 0 Å². The van der Waals surface area contributed by atoms with E-state index in [0.717, 1.165) is 5.56 Å². The molecule has 0 bridgehead atoms. The third-order valence-corrected chi connectivity index (χ3v) is 3.23. The van der Waals surface area contributed by atoms with Gasteiger partial charge in [0, 0.05) is 13.1 Å². The van der Waals surface area contributed by atoms with Crippen LogP contribution in [0.1, 0.15) is 18.2 Å². The average molecular weight is 323 g/mol. The fourth-order valence-corrected chi connectivity index (χ4v) is 2.23. The number of hydrogen-bond acceptors (Lipinski definition) is 3. The Morgan fingerprint density at radius 2 is 2.05 bits per heavy atom. The number of furan rings is 1. The minimum absolute atomic E-state index is 0.247. The number of benzene rings is 1. The summed E-state index contributed by atoms with van der Waals surface area (Å²) in [4.78, 5) is 13.9. The number of hydrogen-bond donors (Lipinski definition) is 2. The van der Waals surface area contributed by atoms with Crippen LogP contribution in [-0.4, -0.2) is 28.7 Å². The molecule has 118 valence electrons. The van der Waals surface area contributed by atoms with Gasteiger partial charge < -0.3 is 19.7 Å². The number of nitrogens with zero attached hydrogens (tertiary/aromatic N) is 1. The summed E-state index contributed by atoms with van der Waals surface area (Å²) in [6, 6.07) is 12.7. The molecule has 2 aromatic rings. The van der Waals surface area contributed by atoms with Crippen molar-refractivity contribution < 1.29 is 14.3 Å². The Bertz CT molecular complexity index is 598. The van der Waals surface area contributed by atoms with Crippen molar-refractivity contribution in [1.29, 1.82) is 0 Å². The Hall–Kier alpha value is -1.98. The van der Waals surface area contributed by atoms with E-state index in [0.29, 0.717) is 12.3 Å². The summed E-state index contributed by atoms with van der Waals surface area (Å²) < 4.78 is 5.20. The third-order valence-electron chi connectivity index (χ3n) is 3.03. The van der Waals surface area contributed by atoms with Gasteiger partial charge in [-0.1, -0.05) is 30.3 Å².